The van der Waals surface area contributed by atoms with Crippen LogP contribution in [0.4, 0.5) is 0 Å². The van der Waals surface area contributed by atoms with Gasteiger partial charge in [-0.3, -0.25) is 0 Å². The molecule has 1 radical (unpaired) electrons. The maximum absolute atomic E-state index is 3.38. The van der Waals surface area contributed by atoms with Gasteiger partial charge in [-0.1, -0.05) is 48.7 Å². The van der Waals surface area contributed by atoms with Crippen molar-refractivity contribution in [1.82, 2.24) is 0 Å². The molecule has 1 heteroatoms. The van der Waals surface area contributed by atoms with Crippen LogP contribution >= 0.6 is 0 Å². The summed E-state index contributed by atoms with van der Waals surface area (Å²) < 4.78 is 0. The zero-order valence-corrected chi connectivity index (χ0v) is 12.2. The highest BCUT2D eigenvalue weighted by atomic mass is 28.3. The van der Waals surface area contributed by atoms with E-state index < -0.39 is 8.80 Å². The Labute approximate surface area is 117 Å². The van der Waals surface area contributed by atoms with Gasteiger partial charge >= 0.3 is 0 Å². The number of hydrogen-bond donors (Lipinski definition) is 0. The first-order valence-corrected chi connectivity index (χ1v) is 8.23. The maximum atomic E-state index is 3.38. The van der Waals surface area contributed by atoms with Gasteiger partial charge in [-0.2, -0.15) is 0 Å². The highest BCUT2D eigenvalue weighted by Crippen LogP contribution is 2.01. The summed E-state index contributed by atoms with van der Waals surface area (Å²) in [5, 5.41) is 1.36. The Balaban J connectivity index is 2.13. The molecule has 0 N–H and O–H groups in total. The Morgan fingerprint density at radius 3 is 1.95 bits per heavy atom. The van der Waals surface area contributed by atoms with Gasteiger partial charge in [0, 0.05) is 11.1 Å². The predicted molar refractivity (Wildman–Crippen MR) is 83.6 cm³/mol. The number of hydrogen-bond acceptors (Lipinski definition) is 0. The topological polar surface area (TPSA) is 0 Å². The van der Waals surface area contributed by atoms with E-state index in [9.17, 15) is 0 Å². The van der Waals surface area contributed by atoms with E-state index in [1.54, 1.807) is 0 Å². The summed E-state index contributed by atoms with van der Waals surface area (Å²) in [6.07, 6.45) is 0. The molecular formula is C18H15Si. The van der Waals surface area contributed by atoms with Gasteiger partial charge in [0.1, 0.15) is 0 Å². The lowest BCUT2D eigenvalue weighted by molar-refractivity contribution is 1.60. The Morgan fingerprint density at radius 2 is 1.37 bits per heavy atom. The first-order valence-electron chi connectivity index (χ1n) is 6.23. The van der Waals surface area contributed by atoms with Crippen LogP contribution in [0.15, 0.2) is 54.6 Å². The summed E-state index contributed by atoms with van der Waals surface area (Å²) >= 11 is 0. The summed E-state index contributed by atoms with van der Waals surface area (Å²) in [7, 11) is -0.774. The third-order valence-electron chi connectivity index (χ3n) is 2.76. The predicted octanol–water partition coefficient (Wildman–Crippen LogP) is 2.98. The summed E-state index contributed by atoms with van der Waals surface area (Å²) in [6.45, 7) is 4.07. The van der Waals surface area contributed by atoms with Crippen LogP contribution in [-0.4, -0.2) is 8.80 Å². The molecule has 0 bridgehead atoms. The van der Waals surface area contributed by atoms with Crippen molar-refractivity contribution in [1.29, 1.82) is 0 Å². The minimum Gasteiger partial charge on any atom is -0.122 e. The van der Waals surface area contributed by atoms with Crippen LogP contribution in [0.5, 0.6) is 0 Å². The first-order chi connectivity index (χ1) is 9.29. The second-order valence-corrected chi connectivity index (χ2v) is 6.27. The fraction of sp³-hybridized carbons (Fsp3) is 0.111. The van der Waals surface area contributed by atoms with Crippen molar-refractivity contribution in [3.8, 4) is 23.3 Å². The lowest BCUT2D eigenvalue weighted by atomic mass is 10.1. The quantitative estimate of drug-likeness (QED) is 0.545. The van der Waals surface area contributed by atoms with E-state index in [1.807, 2.05) is 37.3 Å². The molecule has 0 aliphatic rings. The average molecular weight is 259 g/mol. The van der Waals surface area contributed by atoms with Gasteiger partial charge in [0.2, 0.25) is 0 Å². The fourth-order valence-corrected chi connectivity index (χ4v) is 2.88. The van der Waals surface area contributed by atoms with Gasteiger partial charge < -0.3 is 0 Å². The van der Waals surface area contributed by atoms with Crippen molar-refractivity contribution in [3.63, 3.8) is 0 Å². The zero-order chi connectivity index (χ0) is 13.5. The van der Waals surface area contributed by atoms with Crippen LogP contribution in [0.2, 0.25) is 6.55 Å². The van der Waals surface area contributed by atoms with Crippen molar-refractivity contribution in [3.05, 3.63) is 65.7 Å². The van der Waals surface area contributed by atoms with E-state index >= 15 is 0 Å². The molecule has 0 amide bonds. The molecule has 0 spiro atoms. The molecule has 0 atom stereocenters. The summed E-state index contributed by atoms with van der Waals surface area (Å²) in [6, 6.07) is 18.6. The molecule has 0 saturated heterocycles. The minimum atomic E-state index is -0.774. The van der Waals surface area contributed by atoms with Gasteiger partial charge in [-0.25, -0.2) is 0 Å². The Kier molecular flexibility index (Phi) is 4.62. The molecule has 19 heavy (non-hydrogen) atoms. The van der Waals surface area contributed by atoms with Crippen molar-refractivity contribution in [2.45, 2.75) is 13.5 Å². The van der Waals surface area contributed by atoms with E-state index in [0.29, 0.717) is 0 Å². The van der Waals surface area contributed by atoms with Crippen molar-refractivity contribution in [2.24, 2.45) is 0 Å². The Morgan fingerprint density at radius 1 is 0.789 bits per heavy atom. The van der Waals surface area contributed by atoms with Crippen molar-refractivity contribution < 1.29 is 0 Å². The maximum Gasteiger partial charge on any atom is 0.176 e. The second-order valence-electron chi connectivity index (χ2n) is 4.19. The molecule has 2 rings (SSSR count). The third-order valence-corrected chi connectivity index (χ3v) is 4.45. The van der Waals surface area contributed by atoms with E-state index in [1.165, 1.54) is 5.19 Å². The van der Waals surface area contributed by atoms with Crippen molar-refractivity contribution >= 4 is 14.0 Å². The molecule has 2 aromatic carbocycles. The molecular weight excluding hydrogens is 244 g/mol. The minimum absolute atomic E-state index is 0.774. The molecule has 0 aromatic heterocycles. The highest BCUT2D eigenvalue weighted by Gasteiger charge is 2.02. The fourth-order valence-electron chi connectivity index (χ4n) is 1.71. The van der Waals surface area contributed by atoms with E-state index in [2.05, 4.69) is 54.1 Å². The summed E-state index contributed by atoms with van der Waals surface area (Å²) in [4.78, 5) is 0. The molecule has 91 valence electrons. The molecule has 0 aliphatic carbocycles. The SMILES string of the molecule is CC#Cc1ccc(C#C[Si](C)c2ccccc2)cc1. The van der Waals surface area contributed by atoms with Gasteiger partial charge in [-0.15, -0.1) is 11.5 Å². The van der Waals surface area contributed by atoms with E-state index in [0.717, 1.165) is 11.1 Å². The Bertz CT molecular complexity index is 646. The molecule has 2 aromatic rings. The summed E-state index contributed by atoms with van der Waals surface area (Å²) in [5.41, 5.74) is 5.48. The lowest BCUT2D eigenvalue weighted by Gasteiger charge is -2.00. The van der Waals surface area contributed by atoms with Crippen LogP contribution in [0, 0.1) is 23.3 Å². The smallest absolute Gasteiger partial charge is 0.122 e. The number of rotatable bonds is 1. The Hall–Kier alpha value is -2.22. The molecule has 0 aliphatic heterocycles. The van der Waals surface area contributed by atoms with E-state index in [4.69, 9.17) is 0 Å². The van der Waals surface area contributed by atoms with Gasteiger partial charge in [0.15, 0.2) is 8.80 Å². The van der Waals surface area contributed by atoms with Crippen molar-refractivity contribution in [2.75, 3.05) is 0 Å². The van der Waals surface area contributed by atoms with Gasteiger partial charge in [-0.05, 0) is 36.4 Å². The molecule has 0 heterocycles. The largest absolute Gasteiger partial charge is 0.176 e. The highest BCUT2D eigenvalue weighted by molar-refractivity contribution is 6.79. The average Bonchev–Trinajstić information content (AvgIpc) is 2.47. The molecule has 0 saturated carbocycles. The van der Waals surface area contributed by atoms with Gasteiger partial charge in [0.25, 0.3) is 0 Å². The monoisotopic (exact) mass is 259 g/mol. The van der Waals surface area contributed by atoms with Crippen LogP contribution < -0.4 is 5.19 Å². The molecule has 0 unspecified atom stereocenters. The standard InChI is InChI=1S/C18H15Si/c1-3-7-16-10-12-17(13-11-16)14-15-19(2)18-8-5-4-6-9-18/h4-6,8-13H,1-2H3. The van der Waals surface area contributed by atoms with E-state index in [-0.39, 0.29) is 0 Å². The first kappa shape index (κ1) is 13.2. The van der Waals surface area contributed by atoms with Crippen LogP contribution in [0.3, 0.4) is 0 Å². The third kappa shape index (κ3) is 3.88. The van der Waals surface area contributed by atoms with Crippen LogP contribution in [-0.2, 0) is 0 Å². The molecule has 0 fully saturated rings. The molecule has 0 nitrogen and oxygen atoms in total. The summed E-state index contributed by atoms with van der Waals surface area (Å²) in [5.74, 6) is 9.19. The normalized spacial score (nSPS) is 9.21. The lowest BCUT2D eigenvalue weighted by Crippen LogP contribution is -2.24. The van der Waals surface area contributed by atoms with Crippen LogP contribution in [0.25, 0.3) is 0 Å². The second kappa shape index (κ2) is 6.64. The van der Waals surface area contributed by atoms with Crippen LogP contribution in [0.1, 0.15) is 18.1 Å². The van der Waals surface area contributed by atoms with Gasteiger partial charge in [0.05, 0.1) is 0 Å². The zero-order valence-electron chi connectivity index (χ0n) is 11.2. The number of benzene rings is 2.